The van der Waals surface area contributed by atoms with E-state index in [1.807, 2.05) is 6.07 Å². The molecule has 1 saturated heterocycles. The van der Waals surface area contributed by atoms with Crippen molar-refractivity contribution >= 4 is 8.32 Å². The van der Waals surface area contributed by atoms with Gasteiger partial charge in [-0.25, -0.2) is 0 Å². The fourth-order valence-electron chi connectivity index (χ4n) is 2.75. The van der Waals surface area contributed by atoms with Crippen LogP contribution in [-0.2, 0) is 20.5 Å². The molecule has 1 aromatic carbocycles. The molecule has 0 N–H and O–H groups in total. The Bertz CT molecular complexity index is 495. The summed E-state index contributed by atoms with van der Waals surface area (Å²) >= 11 is 0. The Morgan fingerprint density at radius 3 is 2.42 bits per heavy atom. The molecule has 1 aliphatic rings. The fourth-order valence-corrected chi connectivity index (χ4v) is 3.78. The molecule has 3 atom stereocenters. The summed E-state index contributed by atoms with van der Waals surface area (Å²) in [6, 6.07) is 10.4. The lowest BCUT2D eigenvalue weighted by Gasteiger charge is -2.39. The molecular weight excluding hydrogens is 316 g/mol. The molecule has 0 saturated carbocycles. The lowest BCUT2D eigenvalue weighted by atomic mass is 10.0. The normalized spacial score (nSPS) is 25.7. The molecule has 136 valence electrons. The second-order valence-electron chi connectivity index (χ2n) is 8.53. The van der Waals surface area contributed by atoms with Crippen LogP contribution < -0.4 is 0 Å². The molecule has 0 radical (unpaired) electrons. The van der Waals surface area contributed by atoms with Crippen LogP contribution in [0.4, 0.5) is 0 Å². The molecule has 0 aromatic heterocycles. The summed E-state index contributed by atoms with van der Waals surface area (Å²) in [5, 5.41) is 0.233. The lowest BCUT2D eigenvalue weighted by Crippen LogP contribution is -2.45. The van der Waals surface area contributed by atoms with Gasteiger partial charge in [0, 0.05) is 6.42 Å². The van der Waals surface area contributed by atoms with Gasteiger partial charge >= 0.3 is 0 Å². The van der Waals surface area contributed by atoms with Crippen LogP contribution in [0.25, 0.3) is 0 Å². The Morgan fingerprint density at radius 2 is 1.79 bits per heavy atom. The minimum absolute atomic E-state index is 0.142. The molecule has 0 aliphatic carbocycles. The number of benzene rings is 1. The van der Waals surface area contributed by atoms with Gasteiger partial charge in [0.1, 0.15) is 0 Å². The van der Waals surface area contributed by atoms with E-state index >= 15 is 0 Å². The maximum Gasteiger partial charge on any atom is 0.192 e. The quantitative estimate of drug-likeness (QED) is 0.663. The minimum Gasteiger partial charge on any atom is -0.414 e. The SMILES string of the molecule is C[C@@H]1C[C@H](OCc2ccccc2)C[C@H](CO[Si](C)(C)C(C)(C)C)O1. The van der Waals surface area contributed by atoms with Crippen LogP contribution in [0.15, 0.2) is 30.3 Å². The van der Waals surface area contributed by atoms with Crippen LogP contribution in [0.5, 0.6) is 0 Å². The molecular formula is C20H34O3Si. The van der Waals surface area contributed by atoms with E-state index in [0.29, 0.717) is 13.2 Å². The summed E-state index contributed by atoms with van der Waals surface area (Å²) in [6.07, 6.45) is 2.51. The average Bonchev–Trinajstić information content (AvgIpc) is 2.51. The predicted molar refractivity (Wildman–Crippen MR) is 102 cm³/mol. The van der Waals surface area contributed by atoms with Crippen molar-refractivity contribution in [3.8, 4) is 0 Å². The number of hydrogen-bond donors (Lipinski definition) is 0. The van der Waals surface area contributed by atoms with Crippen LogP contribution in [-0.4, -0.2) is 33.2 Å². The van der Waals surface area contributed by atoms with Gasteiger partial charge in [-0.05, 0) is 37.0 Å². The zero-order valence-electron chi connectivity index (χ0n) is 16.2. The second kappa shape index (κ2) is 8.13. The predicted octanol–water partition coefficient (Wildman–Crippen LogP) is 5.16. The summed E-state index contributed by atoms with van der Waals surface area (Å²) in [6.45, 7) is 14.9. The molecule has 0 spiro atoms. The molecule has 2 rings (SSSR count). The third-order valence-electron chi connectivity index (χ3n) is 5.31. The van der Waals surface area contributed by atoms with Gasteiger partial charge in [0.2, 0.25) is 0 Å². The van der Waals surface area contributed by atoms with Gasteiger partial charge < -0.3 is 13.9 Å². The maximum absolute atomic E-state index is 6.35. The second-order valence-corrected chi connectivity index (χ2v) is 13.3. The van der Waals surface area contributed by atoms with Crippen molar-refractivity contribution < 1.29 is 13.9 Å². The Kier molecular flexibility index (Phi) is 6.65. The van der Waals surface area contributed by atoms with Crippen LogP contribution in [0.2, 0.25) is 18.1 Å². The molecule has 0 bridgehead atoms. The van der Waals surface area contributed by atoms with Gasteiger partial charge in [0.25, 0.3) is 0 Å². The summed E-state index contributed by atoms with van der Waals surface area (Å²) in [4.78, 5) is 0. The summed E-state index contributed by atoms with van der Waals surface area (Å²) < 4.78 is 18.6. The highest BCUT2D eigenvalue weighted by molar-refractivity contribution is 6.74. The van der Waals surface area contributed by atoms with Gasteiger partial charge in [-0.2, -0.15) is 0 Å². The zero-order chi connectivity index (χ0) is 17.8. The first-order valence-electron chi connectivity index (χ1n) is 9.12. The molecule has 1 fully saturated rings. The van der Waals surface area contributed by atoms with Gasteiger partial charge in [0.15, 0.2) is 8.32 Å². The topological polar surface area (TPSA) is 27.7 Å². The van der Waals surface area contributed by atoms with E-state index < -0.39 is 8.32 Å². The maximum atomic E-state index is 6.35. The standard InChI is InChI=1S/C20H34O3Si/c1-16-12-18(21-14-17-10-8-7-9-11-17)13-19(23-16)15-22-24(5,6)20(2,3)4/h7-11,16,18-19H,12-15H2,1-6H3/t16-,18+,19-/m1/s1. The summed E-state index contributed by atoms with van der Waals surface area (Å²) in [5.41, 5.74) is 1.23. The molecule has 1 aromatic rings. The molecule has 0 unspecified atom stereocenters. The number of hydrogen-bond acceptors (Lipinski definition) is 3. The van der Waals surface area contributed by atoms with Crippen molar-refractivity contribution in [2.75, 3.05) is 6.61 Å². The Labute approximate surface area is 148 Å². The van der Waals surface area contributed by atoms with E-state index in [4.69, 9.17) is 13.9 Å². The van der Waals surface area contributed by atoms with Gasteiger partial charge in [-0.3, -0.25) is 0 Å². The molecule has 4 heteroatoms. The highest BCUT2D eigenvalue weighted by Gasteiger charge is 2.38. The average molecular weight is 351 g/mol. The van der Waals surface area contributed by atoms with Crippen molar-refractivity contribution in [1.82, 2.24) is 0 Å². The molecule has 1 heterocycles. The summed E-state index contributed by atoms with van der Waals surface area (Å²) in [7, 11) is -1.72. The summed E-state index contributed by atoms with van der Waals surface area (Å²) in [5.74, 6) is 0. The third-order valence-corrected chi connectivity index (χ3v) is 9.81. The highest BCUT2D eigenvalue weighted by atomic mass is 28.4. The number of ether oxygens (including phenoxy) is 2. The third kappa shape index (κ3) is 5.69. The Hall–Kier alpha value is -0.683. The highest BCUT2D eigenvalue weighted by Crippen LogP contribution is 2.37. The van der Waals surface area contributed by atoms with Crippen molar-refractivity contribution in [3.05, 3.63) is 35.9 Å². The Morgan fingerprint density at radius 1 is 1.12 bits per heavy atom. The zero-order valence-corrected chi connectivity index (χ0v) is 17.2. The van der Waals surface area contributed by atoms with Crippen molar-refractivity contribution in [2.24, 2.45) is 0 Å². The molecule has 1 aliphatic heterocycles. The van der Waals surface area contributed by atoms with Crippen LogP contribution in [0, 0.1) is 0 Å². The number of rotatable bonds is 6. The fraction of sp³-hybridized carbons (Fsp3) is 0.700. The Balaban J connectivity index is 1.84. The minimum atomic E-state index is -1.72. The van der Waals surface area contributed by atoms with Crippen molar-refractivity contribution in [3.63, 3.8) is 0 Å². The monoisotopic (exact) mass is 350 g/mol. The van der Waals surface area contributed by atoms with E-state index in [1.54, 1.807) is 0 Å². The van der Waals surface area contributed by atoms with Gasteiger partial charge in [-0.1, -0.05) is 51.1 Å². The first-order chi connectivity index (χ1) is 11.2. The molecule has 3 nitrogen and oxygen atoms in total. The van der Waals surface area contributed by atoms with Gasteiger partial charge in [-0.15, -0.1) is 0 Å². The molecule has 24 heavy (non-hydrogen) atoms. The van der Waals surface area contributed by atoms with E-state index in [0.717, 1.165) is 12.8 Å². The smallest absolute Gasteiger partial charge is 0.192 e. The van der Waals surface area contributed by atoms with E-state index in [-0.39, 0.29) is 23.4 Å². The van der Waals surface area contributed by atoms with Crippen LogP contribution >= 0.6 is 0 Å². The van der Waals surface area contributed by atoms with Crippen molar-refractivity contribution in [2.45, 2.75) is 83.6 Å². The largest absolute Gasteiger partial charge is 0.414 e. The van der Waals surface area contributed by atoms with Crippen LogP contribution in [0.1, 0.15) is 46.1 Å². The van der Waals surface area contributed by atoms with E-state index in [1.165, 1.54) is 5.56 Å². The van der Waals surface area contributed by atoms with Crippen LogP contribution in [0.3, 0.4) is 0 Å². The first kappa shape index (κ1) is 19.6. The first-order valence-corrected chi connectivity index (χ1v) is 12.0. The van der Waals surface area contributed by atoms with Gasteiger partial charge in [0.05, 0.1) is 31.5 Å². The van der Waals surface area contributed by atoms with Crippen molar-refractivity contribution in [1.29, 1.82) is 0 Å². The van der Waals surface area contributed by atoms with E-state index in [9.17, 15) is 0 Å². The van der Waals surface area contributed by atoms with E-state index in [2.05, 4.69) is 65.1 Å². The lowest BCUT2D eigenvalue weighted by molar-refractivity contribution is -0.123. The molecule has 0 amide bonds.